The molecule has 0 saturated carbocycles. The van der Waals surface area contributed by atoms with Gasteiger partial charge < -0.3 is 0 Å². The molecular weight excluding hydrogens is 318 g/mol. The van der Waals surface area contributed by atoms with Gasteiger partial charge in [-0.25, -0.2) is 0 Å². The lowest BCUT2D eigenvalue weighted by Gasteiger charge is -2.17. The highest BCUT2D eigenvalue weighted by Crippen LogP contribution is 2.29. The van der Waals surface area contributed by atoms with Crippen molar-refractivity contribution in [3.8, 4) is 0 Å². The predicted octanol–water partition coefficient (Wildman–Crippen LogP) is 5.36. The van der Waals surface area contributed by atoms with Gasteiger partial charge in [0.25, 0.3) is 0 Å². The van der Waals surface area contributed by atoms with Gasteiger partial charge in [-0.3, -0.25) is 10.8 Å². The molecule has 0 spiro atoms. The number of rotatable bonds is 2. The van der Waals surface area contributed by atoms with Crippen LogP contribution in [-0.4, -0.2) is 11.4 Å². The second-order valence-electron chi connectivity index (χ2n) is 5.58. The first-order chi connectivity index (χ1) is 11.7. The van der Waals surface area contributed by atoms with E-state index >= 15 is 0 Å². The van der Waals surface area contributed by atoms with E-state index in [1.54, 1.807) is 6.08 Å². The topological polar surface area (TPSA) is 48.2 Å². The molecule has 4 rings (SSSR count). The van der Waals surface area contributed by atoms with E-state index in [9.17, 15) is 0 Å². The van der Waals surface area contributed by atoms with Crippen molar-refractivity contribution < 1.29 is 0 Å². The molecule has 0 atom stereocenters. The van der Waals surface area contributed by atoms with Crippen molar-refractivity contribution in [3.05, 3.63) is 82.9 Å². The number of hydrogen-bond donors (Lipinski definition) is 2. The second kappa shape index (κ2) is 5.95. The zero-order valence-corrected chi connectivity index (χ0v) is 13.5. The van der Waals surface area contributed by atoms with Crippen LogP contribution < -0.4 is 5.43 Å². The monoisotopic (exact) mass is 331 g/mol. The number of anilines is 1. The minimum absolute atomic E-state index is 0.374. The van der Waals surface area contributed by atoms with E-state index in [1.165, 1.54) is 0 Å². The Kier molecular flexibility index (Phi) is 3.63. The molecular formula is C20H14ClN3. The van der Waals surface area contributed by atoms with Crippen molar-refractivity contribution in [3.63, 3.8) is 0 Å². The minimum Gasteiger partial charge on any atom is -0.299 e. The maximum Gasteiger partial charge on any atom is 0.117 e. The van der Waals surface area contributed by atoms with Gasteiger partial charge in [-0.2, -0.15) is 5.10 Å². The van der Waals surface area contributed by atoms with E-state index < -0.39 is 0 Å². The molecule has 3 aromatic rings. The number of para-hydroxylation sites is 1. The van der Waals surface area contributed by atoms with Gasteiger partial charge in [0, 0.05) is 10.6 Å². The summed E-state index contributed by atoms with van der Waals surface area (Å²) in [4.78, 5) is 0. The fraction of sp³-hybridized carbons (Fsp3) is 0. The Labute approximate surface area is 144 Å². The number of halogens is 1. The molecule has 0 aliphatic heterocycles. The van der Waals surface area contributed by atoms with Crippen molar-refractivity contribution in [2.75, 3.05) is 5.43 Å². The highest BCUT2D eigenvalue weighted by Gasteiger charge is 2.19. The summed E-state index contributed by atoms with van der Waals surface area (Å²) in [5, 5.41) is 15.5. The Morgan fingerprint density at radius 3 is 2.54 bits per heavy atom. The van der Waals surface area contributed by atoms with Crippen LogP contribution in [0.5, 0.6) is 0 Å². The van der Waals surface area contributed by atoms with Crippen LogP contribution in [0.2, 0.25) is 5.02 Å². The van der Waals surface area contributed by atoms with Gasteiger partial charge in [0.1, 0.15) is 5.71 Å². The molecule has 2 N–H and O–H groups in total. The maximum atomic E-state index is 8.28. The standard InChI is InChI=1S/C20H14ClN3/c21-15-10-8-13-6-7-14-9-11-18(22)20(19(14)17(13)12-15)24-23-16-4-2-1-3-5-16/h1-12,22-23H/b22-18?,24-20+. The van der Waals surface area contributed by atoms with Crippen LogP contribution in [0.15, 0.2) is 71.8 Å². The summed E-state index contributed by atoms with van der Waals surface area (Å²) in [6.45, 7) is 0. The van der Waals surface area contributed by atoms with E-state index in [0.29, 0.717) is 16.4 Å². The Bertz CT molecular complexity index is 1000. The fourth-order valence-electron chi connectivity index (χ4n) is 2.85. The van der Waals surface area contributed by atoms with Gasteiger partial charge in [-0.05, 0) is 46.7 Å². The summed E-state index contributed by atoms with van der Waals surface area (Å²) in [6.07, 6.45) is 3.71. The average Bonchev–Trinajstić information content (AvgIpc) is 2.61. The number of nitrogens with zero attached hydrogens (tertiary/aromatic N) is 1. The molecule has 1 aliphatic rings. The van der Waals surface area contributed by atoms with E-state index in [0.717, 1.165) is 27.6 Å². The summed E-state index contributed by atoms with van der Waals surface area (Å²) in [6, 6.07) is 19.6. The van der Waals surface area contributed by atoms with Crippen LogP contribution >= 0.6 is 11.6 Å². The Balaban J connectivity index is 1.89. The quantitative estimate of drug-likeness (QED) is 0.610. The lowest BCUT2D eigenvalue weighted by Crippen LogP contribution is -2.19. The molecule has 3 nitrogen and oxygen atoms in total. The largest absolute Gasteiger partial charge is 0.299 e. The minimum atomic E-state index is 0.374. The van der Waals surface area contributed by atoms with Crippen molar-refractivity contribution in [2.24, 2.45) is 5.10 Å². The molecule has 0 radical (unpaired) electrons. The van der Waals surface area contributed by atoms with Gasteiger partial charge >= 0.3 is 0 Å². The molecule has 1 aliphatic carbocycles. The van der Waals surface area contributed by atoms with Gasteiger partial charge in [0.05, 0.1) is 11.4 Å². The van der Waals surface area contributed by atoms with E-state index in [-0.39, 0.29) is 0 Å². The number of benzene rings is 3. The van der Waals surface area contributed by atoms with Crippen molar-refractivity contribution in [1.82, 2.24) is 0 Å². The highest BCUT2D eigenvalue weighted by molar-refractivity contribution is 6.55. The zero-order chi connectivity index (χ0) is 16.5. The van der Waals surface area contributed by atoms with Crippen LogP contribution in [0.3, 0.4) is 0 Å². The van der Waals surface area contributed by atoms with Crippen LogP contribution in [-0.2, 0) is 0 Å². The van der Waals surface area contributed by atoms with Gasteiger partial charge in [0.15, 0.2) is 0 Å². The van der Waals surface area contributed by atoms with Crippen LogP contribution in [0.4, 0.5) is 5.69 Å². The van der Waals surface area contributed by atoms with Crippen molar-refractivity contribution in [1.29, 1.82) is 5.41 Å². The summed E-state index contributed by atoms with van der Waals surface area (Å²) < 4.78 is 0. The lowest BCUT2D eigenvalue weighted by molar-refractivity contribution is 1.33. The second-order valence-corrected chi connectivity index (χ2v) is 6.02. The summed E-state index contributed by atoms with van der Waals surface area (Å²) >= 11 is 6.19. The third kappa shape index (κ3) is 2.59. The predicted molar refractivity (Wildman–Crippen MR) is 102 cm³/mol. The zero-order valence-electron chi connectivity index (χ0n) is 12.8. The molecule has 0 heterocycles. The van der Waals surface area contributed by atoms with Crippen molar-refractivity contribution in [2.45, 2.75) is 0 Å². The molecule has 0 amide bonds. The number of hydrogen-bond acceptors (Lipinski definition) is 3. The number of fused-ring (bicyclic) bond motifs is 3. The molecule has 0 saturated heterocycles. The van der Waals surface area contributed by atoms with Crippen LogP contribution in [0.1, 0.15) is 11.1 Å². The fourth-order valence-corrected chi connectivity index (χ4v) is 3.02. The van der Waals surface area contributed by atoms with E-state index in [2.05, 4.69) is 16.6 Å². The molecule has 4 heteroatoms. The molecule has 0 bridgehead atoms. The van der Waals surface area contributed by atoms with Crippen LogP contribution in [0, 0.1) is 5.41 Å². The molecule has 3 aromatic carbocycles. The molecule has 116 valence electrons. The van der Waals surface area contributed by atoms with Gasteiger partial charge in [-0.15, -0.1) is 0 Å². The Hall–Kier alpha value is -2.91. The molecule has 0 unspecified atom stereocenters. The lowest BCUT2D eigenvalue weighted by atomic mass is 9.89. The van der Waals surface area contributed by atoms with Crippen molar-refractivity contribution >= 4 is 45.6 Å². The van der Waals surface area contributed by atoms with Gasteiger partial charge in [0.2, 0.25) is 0 Å². The maximum absolute atomic E-state index is 8.28. The number of allylic oxidation sites excluding steroid dienone is 1. The normalized spacial score (nSPS) is 14.9. The Morgan fingerprint density at radius 2 is 1.71 bits per heavy atom. The first kappa shape index (κ1) is 14.7. The first-order valence-corrected chi connectivity index (χ1v) is 7.98. The summed E-state index contributed by atoms with van der Waals surface area (Å²) in [5.74, 6) is 0. The average molecular weight is 332 g/mol. The molecule has 0 fully saturated rings. The SMILES string of the molecule is N=C1C=Cc2ccc3ccc(Cl)cc3c2/C1=N/Nc1ccccc1. The van der Waals surface area contributed by atoms with E-state index in [4.69, 9.17) is 17.0 Å². The number of nitrogens with one attached hydrogen (secondary N) is 2. The first-order valence-electron chi connectivity index (χ1n) is 7.61. The van der Waals surface area contributed by atoms with Crippen LogP contribution in [0.25, 0.3) is 16.8 Å². The summed E-state index contributed by atoms with van der Waals surface area (Å²) in [7, 11) is 0. The van der Waals surface area contributed by atoms with Gasteiger partial charge in [-0.1, -0.05) is 54.1 Å². The highest BCUT2D eigenvalue weighted by atomic mass is 35.5. The van der Waals surface area contributed by atoms with E-state index in [1.807, 2.05) is 60.7 Å². The number of hydrazone groups is 1. The summed E-state index contributed by atoms with van der Waals surface area (Å²) in [5.41, 5.74) is 6.89. The smallest absolute Gasteiger partial charge is 0.117 e. The third-order valence-corrected chi connectivity index (χ3v) is 4.24. The molecule has 24 heavy (non-hydrogen) atoms. The third-order valence-electron chi connectivity index (χ3n) is 4.01. The molecule has 0 aromatic heterocycles. The Morgan fingerprint density at radius 1 is 0.917 bits per heavy atom.